The van der Waals surface area contributed by atoms with Crippen LogP contribution in [0, 0.1) is 27.7 Å². The Hall–Kier alpha value is -7.32. The molecule has 4 aromatic carbocycles. The van der Waals surface area contributed by atoms with Crippen LogP contribution in [0.15, 0.2) is 165 Å². The van der Waals surface area contributed by atoms with Crippen molar-refractivity contribution in [3.8, 4) is 0 Å². The molecule has 0 radical (unpaired) electrons. The van der Waals surface area contributed by atoms with Crippen molar-refractivity contribution in [2.24, 2.45) is 9.98 Å². The van der Waals surface area contributed by atoms with Gasteiger partial charge in [0.15, 0.2) is 0 Å². The minimum atomic E-state index is -0.0558. The summed E-state index contributed by atoms with van der Waals surface area (Å²) in [6.07, 6.45) is 7.22. The fourth-order valence-corrected chi connectivity index (χ4v) is 10.5. The minimum Gasteiger partial charge on any atom is -0.359 e. The van der Waals surface area contributed by atoms with Crippen LogP contribution in [-0.2, 0) is 35.5 Å². The molecule has 0 saturated heterocycles. The molecule has 0 bridgehead atoms. The van der Waals surface area contributed by atoms with Gasteiger partial charge in [0.1, 0.15) is 0 Å². The fourth-order valence-electron chi connectivity index (χ4n) is 10.5. The smallest absolute Gasteiger partial charge is 0.223 e. The lowest BCUT2D eigenvalue weighted by Crippen LogP contribution is -2.33. The Balaban J connectivity index is 0.951. The number of hydrogen-bond donors (Lipinski definition) is 2. The van der Waals surface area contributed by atoms with E-state index >= 15 is 0 Å². The molecular weight excluding hydrogens is 873 g/mol. The second-order valence-electron chi connectivity index (χ2n) is 19.6. The number of nitrogens with one attached hydrogen (secondary N) is 2. The zero-order valence-corrected chi connectivity index (χ0v) is 43.4. The van der Waals surface area contributed by atoms with Crippen molar-refractivity contribution in [2.45, 2.75) is 127 Å². The third kappa shape index (κ3) is 11.3. The highest BCUT2D eigenvalue weighted by atomic mass is 16.2. The number of nitrogens with zero attached hydrogens (tertiary/aromatic N) is 4. The van der Waals surface area contributed by atoms with Crippen molar-refractivity contribution in [1.82, 2.24) is 19.8 Å². The van der Waals surface area contributed by atoms with Gasteiger partial charge in [-0.3, -0.25) is 19.6 Å². The third-order valence-corrected chi connectivity index (χ3v) is 15.0. The number of hydrogen-bond acceptors (Lipinski definition) is 4. The minimum absolute atomic E-state index is 0.0558. The predicted octanol–water partition coefficient (Wildman–Crippen LogP) is 14.4. The van der Waals surface area contributed by atoms with E-state index in [0.29, 0.717) is 38.8 Å². The highest BCUT2D eigenvalue weighted by Crippen LogP contribution is 2.37. The highest BCUT2D eigenvalue weighted by molar-refractivity contribution is 6.09. The zero-order chi connectivity index (χ0) is 50.3. The normalized spacial score (nSPS) is 15.7. The van der Waals surface area contributed by atoms with E-state index in [-0.39, 0.29) is 23.9 Å². The van der Waals surface area contributed by atoms with Crippen LogP contribution in [-0.4, -0.2) is 43.0 Å². The van der Waals surface area contributed by atoms with Gasteiger partial charge in [0, 0.05) is 66.6 Å². The number of allylic oxidation sites excluding steroid dienone is 4. The van der Waals surface area contributed by atoms with Crippen LogP contribution in [0.5, 0.6) is 0 Å². The van der Waals surface area contributed by atoms with Crippen molar-refractivity contribution >= 4 is 35.4 Å². The Morgan fingerprint density at radius 3 is 1.20 bits per heavy atom. The van der Waals surface area contributed by atoms with E-state index in [0.717, 1.165) is 85.4 Å². The number of amides is 2. The summed E-state index contributed by atoms with van der Waals surface area (Å²) in [5, 5.41) is 0. The lowest BCUT2D eigenvalue weighted by molar-refractivity contribution is -0.134. The standard InChI is InChI=1S/C63H70N6O2/c1-40-54(31-33-62(70)68(38-50-23-15-11-16-24-50)48(9)52-27-19-13-20-28-52)44(5)64-58(40)36-60-42(3)56(46(7)66-60)35-57-43(4)61(67-47(57)8)37-59-41(2)55(45(6)65-59)32-34-63(71)69(39-51-25-17-12-18-26-51)49(10)53-29-21-14-22-30-53/h11-30,36-37,48-49,64-65H,31-35,38-39H2,1-10H3/b60-36-,61-37+/t48-,49-/m1/s1. The lowest BCUT2D eigenvalue weighted by Gasteiger charge is -2.30. The van der Waals surface area contributed by atoms with E-state index in [1.165, 1.54) is 33.4 Å². The van der Waals surface area contributed by atoms with E-state index in [2.05, 4.69) is 140 Å². The van der Waals surface area contributed by atoms with E-state index in [4.69, 9.17) is 9.98 Å². The van der Waals surface area contributed by atoms with Gasteiger partial charge >= 0.3 is 0 Å². The molecule has 0 saturated carbocycles. The van der Waals surface area contributed by atoms with Gasteiger partial charge in [0.05, 0.1) is 23.5 Å². The maximum atomic E-state index is 14.1. The van der Waals surface area contributed by atoms with E-state index in [9.17, 15) is 9.59 Å². The number of aryl methyl sites for hydroxylation is 2. The third-order valence-electron chi connectivity index (χ3n) is 15.0. The number of rotatable bonds is 18. The molecule has 0 fully saturated rings. The molecule has 2 aliphatic rings. The molecule has 2 N–H and O–H groups in total. The summed E-state index contributed by atoms with van der Waals surface area (Å²) in [7, 11) is 0. The molecule has 2 amide bonds. The number of aliphatic imine (C=N–C) groups is 2. The summed E-state index contributed by atoms with van der Waals surface area (Å²) in [6, 6.07) is 41.0. The molecule has 0 aliphatic carbocycles. The van der Waals surface area contributed by atoms with Crippen LogP contribution < -0.4 is 0 Å². The monoisotopic (exact) mass is 943 g/mol. The zero-order valence-electron chi connectivity index (χ0n) is 43.4. The first-order chi connectivity index (χ1) is 34.2. The van der Waals surface area contributed by atoms with Gasteiger partial charge in [-0.15, -0.1) is 0 Å². The van der Waals surface area contributed by atoms with Gasteiger partial charge in [-0.25, -0.2) is 0 Å². The molecule has 2 aliphatic heterocycles. The van der Waals surface area contributed by atoms with E-state index in [1.807, 2.05) is 82.6 Å². The number of benzene rings is 4. The Bertz CT molecular complexity index is 2880. The summed E-state index contributed by atoms with van der Waals surface area (Å²) in [6.45, 7) is 22.5. The number of carbonyl (C=O) groups excluding carboxylic acids is 2. The van der Waals surface area contributed by atoms with Gasteiger partial charge in [0.25, 0.3) is 0 Å². The van der Waals surface area contributed by atoms with Crippen LogP contribution in [0.2, 0.25) is 0 Å². The molecule has 8 nitrogen and oxygen atoms in total. The number of carbonyl (C=O) groups is 2. The summed E-state index contributed by atoms with van der Waals surface area (Å²) in [5.74, 6) is 0.279. The molecule has 6 aromatic rings. The quantitative estimate of drug-likeness (QED) is 0.0897. The Kier molecular flexibility index (Phi) is 15.6. The first-order valence-electron chi connectivity index (χ1n) is 25.3. The Labute approximate surface area is 421 Å². The molecule has 0 spiro atoms. The van der Waals surface area contributed by atoms with Crippen LogP contribution in [0.1, 0.15) is 140 Å². The van der Waals surface area contributed by atoms with Gasteiger partial charge in [-0.2, -0.15) is 0 Å². The SMILES string of the molecule is CC1=N/C(=C\c2[nH]c(C)c(CCC(=O)N(Cc3ccccc3)[C@H](C)c3ccccc3)c2C)C(C)=C1CC1=C(C)/C(=C\c2[nH]c(C)c(CCC(=O)N(Cc3ccccc3)[C@H](C)c3ccccc3)c2C)N=C1C. The van der Waals surface area contributed by atoms with Gasteiger partial charge < -0.3 is 19.8 Å². The second-order valence-corrected chi connectivity index (χ2v) is 19.6. The van der Waals surface area contributed by atoms with Crippen molar-refractivity contribution in [3.05, 3.63) is 222 Å². The van der Waals surface area contributed by atoms with Crippen molar-refractivity contribution in [1.29, 1.82) is 0 Å². The van der Waals surface area contributed by atoms with Gasteiger partial charge in [0.2, 0.25) is 11.8 Å². The number of aromatic amines is 2. The fraction of sp³-hybridized carbons (Fsp3) is 0.302. The summed E-state index contributed by atoms with van der Waals surface area (Å²) in [4.78, 5) is 49.8. The van der Waals surface area contributed by atoms with Crippen LogP contribution in [0.4, 0.5) is 0 Å². The first-order valence-corrected chi connectivity index (χ1v) is 25.3. The first kappa shape index (κ1) is 50.1. The highest BCUT2D eigenvalue weighted by Gasteiger charge is 2.27. The topological polar surface area (TPSA) is 96.9 Å². The molecule has 71 heavy (non-hydrogen) atoms. The molecular formula is C63H70N6O2. The van der Waals surface area contributed by atoms with Crippen molar-refractivity contribution < 1.29 is 9.59 Å². The number of H-pyrrole nitrogens is 2. The van der Waals surface area contributed by atoms with Crippen LogP contribution in [0.25, 0.3) is 12.2 Å². The van der Waals surface area contributed by atoms with Gasteiger partial charge in [-0.1, -0.05) is 121 Å². The molecule has 2 atom stereocenters. The van der Waals surface area contributed by atoms with E-state index in [1.54, 1.807) is 0 Å². The Morgan fingerprint density at radius 1 is 0.507 bits per heavy atom. The van der Waals surface area contributed by atoms with Crippen molar-refractivity contribution in [3.63, 3.8) is 0 Å². The second kappa shape index (κ2) is 22.2. The number of aromatic nitrogens is 2. The van der Waals surface area contributed by atoms with Crippen LogP contribution in [0.3, 0.4) is 0 Å². The molecule has 4 heterocycles. The maximum Gasteiger partial charge on any atom is 0.223 e. The molecule has 364 valence electrons. The maximum absolute atomic E-state index is 14.1. The Morgan fingerprint density at radius 2 is 0.845 bits per heavy atom. The summed E-state index contributed by atoms with van der Waals surface area (Å²) >= 11 is 0. The average molecular weight is 943 g/mol. The predicted molar refractivity (Wildman–Crippen MR) is 293 cm³/mol. The lowest BCUT2D eigenvalue weighted by atomic mass is 9.93. The molecule has 0 unspecified atom stereocenters. The molecule has 8 heteroatoms. The average Bonchev–Trinajstić information content (AvgIpc) is 4.01. The largest absolute Gasteiger partial charge is 0.359 e. The summed E-state index contributed by atoms with van der Waals surface area (Å²) in [5.41, 5.74) is 22.1. The molecule has 8 rings (SSSR count). The van der Waals surface area contributed by atoms with Crippen molar-refractivity contribution in [2.75, 3.05) is 0 Å². The molecule has 2 aromatic heterocycles. The van der Waals surface area contributed by atoms with Gasteiger partial charge in [-0.05, 0) is 161 Å². The van der Waals surface area contributed by atoms with E-state index < -0.39 is 0 Å². The van der Waals surface area contributed by atoms with Crippen LogP contribution >= 0.6 is 0 Å². The summed E-state index contributed by atoms with van der Waals surface area (Å²) < 4.78 is 0.